The second kappa shape index (κ2) is 6.49. The van der Waals surface area contributed by atoms with Gasteiger partial charge in [0.25, 0.3) is 0 Å². The molecule has 1 unspecified atom stereocenters. The van der Waals surface area contributed by atoms with Crippen LogP contribution in [0.1, 0.15) is 12.5 Å². The molecular formula is C15H13BrF3NO. The van der Waals surface area contributed by atoms with Gasteiger partial charge >= 0.3 is 0 Å². The summed E-state index contributed by atoms with van der Waals surface area (Å²) in [5.74, 6) is -2.55. The second-order valence-electron chi connectivity index (χ2n) is 4.75. The first-order valence-corrected chi connectivity index (χ1v) is 7.02. The van der Waals surface area contributed by atoms with E-state index in [0.717, 1.165) is 6.07 Å². The molecule has 2 rings (SSSR count). The number of halogens is 4. The van der Waals surface area contributed by atoms with Crippen molar-refractivity contribution in [2.75, 3.05) is 0 Å². The fourth-order valence-corrected chi connectivity index (χ4v) is 2.22. The van der Waals surface area contributed by atoms with E-state index < -0.39 is 23.2 Å². The number of hydrogen-bond acceptors (Lipinski definition) is 2. The van der Waals surface area contributed by atoms with E-state index >= 15 is 0 Å². The minimum atomic E-state index is -0.828. The van der Waals surface area contributed by atoms with E-state index in [1.54, 1.807) is 6.92 Å². The predicted molar refractivity (Wildman–Crippen MR) is 77.9 cm³/mol. The molecule has 2 aromatic rings. The average Bonchev–Trinajstić information content (AvgIpc) is 2.37. The van der Waals surface area contributed by atoms with Crippen LogP contribution < -0.4 is 10.5 Å². The van der Waals surface area contributed by atoms with Gasteiger partial charge in [0.15, 0.2) is 17.4 Å². The highest BCUT2D eigenvalue weighted by atomic mass is 79.9. The van der Waals surface area contributed by atoms with E-state index in [1.807, 2.05) is 0 Å². The summed E-state index contributed by atoms with van der Waals surface area (Å²) in [6.07, 6.45) is 0.357. The normalized spacial score (nSPS) is 12.3. The SMILES string of the molecule is CC(N)Cc1cc(F)c(Oc2ccc(F)c(Br)c2)c(F)c1. The molecule has 2 N–H and O–H groups in total. The average molecular weight is 360 g/mol. The summed E-state index contributed by atoms with van der Waals surface area (Å²) < 4.78 is 46.3. The smallest absolute Gasteiger partial charge is 0.198 e. The highest BCUT2D eigenvalue weighted by molar-refractivity contribution is 9.10. The molecule has 0 bridgehead atoms. The fraction of sp³-hybridized carbons (Fsp3) is 0.200. The van der Waals surface area contributed by atoms with Gasteiger partial charge in [-0.15, -0.1) is 0 Å². The van der Waals surface area contributed by atoms with Crippen molar-refractivity contribution in [3.05, 3.63) is 57.8 Å². The van der Waals surface area contributed by atoms with Crippen molar-refractivity contribution >= 4 is 15.9 Å². The van der Waals surface area contributed by atoms with Gasteiger partial charge in [0, 0.05) is 6.04 Å². The van der Waals surface area contributed by atoms with Crippen molar-refractivity contribution in [2.24, 2.45) is 5.73 Å². The quantitative estimate of drug-likeness (QED) is 0.868. The lowest BCUT2D eigenvalue weighted by Crippen LogP contribution is -2.18. The van der Waals surface area contributed by atoms with Crippen LogP contribution in [-0.2, 0) is 6.42 Å². The van der Waals surface area contributed by atoms with Gasteiger partial charge < -0.3 is 10.5 Å². The minimum absolute atomic E-state index is 0.126. The molecule has 6 heteroatoms. The maximum atomic E-state index is 13.9. The first kappa shape index (κ1) is 15.9. The predicted octanol–water partition coefficient (Wildman–Crippen LogP) is 4.55. The van der Waals surface area contributed by atoms with E-state index in [1.165, 1.54) is 24.3 Å². The molecule has 112 valence electrons. The molecule has 0 saturated carbocycles. The Morgan fingerprint density at radius 3 is 2.24 bits per heavy atom. The van der Waals surface area contributed by atoms with Crippen LogP contribution in [0.25, 0.3) is 0 Å². The first-order valence-electron chi connectivity index (χ1n) is 6.23. The maximum Gasteiger partial charge on any atom is 0.198 e. The Morgan fingerprint density at radius 2 is 1.71 bits per heavy atom. The molecule has 0 heterocycles. The molecule has 0 aliphatic rings. The molecule has 0 aliphatic heterocycles. The second-order valence-corrected chi connectivity index (χ2v) is 5.60. The van der Waals surface area contributed by atoms with Crippen LogP contribution in [0.2, 0.25) is 0 Å². The van der Waals surface area contributed by atoms with Crippen molar-refractivity contribution < 1.29 is 17.9 Å². The number of rotatable bonds is 4. The molecule has 0 fully saturated rings. The van der Waals surface area contributed by atoms with Crippen LogP contribution in [0, 0.1) is 17.5 Å². The molecule has 0 radical (unpaired) electrons. The third-order valence-corrected chi connectivity index (χ3v) is 3.33. The van der Waals surface area contributed by atoms with Gasteiger partial charge in [0.2, 0.25) is 0 Å². The largest absolute Gasteiger partial charge is 0.451 e. The molecule has 0 aromatic heterocycles. The van der Waals surface area contributed by atoms with E-state index in [9.17, 15) is 13.2 Å². The summed E-state index contributed by atoms with van der Waals surface area (Å²) in [5.41, 5.74) is 6.05. The van der Waals surface area contributed by atoms with E-state index in [-0.39, 0.29) is 16.3 Å². The zero-order valence-corrected chi connectivity index (χ0v) is 12.8. The number of ether oxygens (including phenoxy) is 1. The Balaban J connectivity index is 2.29. The Kier molecular flexibility index (Phi) is 4.90. The van der Waals surface area contributed by atoms with Crippen LogP contribution in [0.5, 0.6) is 11.5 Å². The lowest BCUT2D eigenvalue weighted by Gasteiger charge is -2.11. The number of nitrogens with two attached hydrogens (primary N) is 1. The molecular weight excluding hydrogens is 347 g/mol. The van der Waals surface area contributed by atoms with E-state index in [2.05, 4.69) is 15.9 Å². The zero-order chi connectivity index (χ0) is 15.6. The Bertz CT molecular complexity index is 638. The molecule has 21 heavy (non-hydrogen) atoms. The van der Waals surface area contributed by atoms with Crippen LogP contribution in [0.4, 0.5) is 13.2 Å². The van der Waals surface area contributed by atoms with E-state index in [4.69, 9.17) is 10.5 Å². The number of hydrogen-bond donors (Lipinski definition) is 1. The highest BCUT2D eigenvalue weighted by Crippen LogP contribution is 2.31. The maximum absolute atomic E-state index is 13.9. The standard InChI is InChI=1S/C15H13BrF3NO/c1-8(20)4-9-5-13(18)15(14(19)6-9)21-10-2-3-12(17)11(16)7-10/h2-3,5-8H,4,20H2,1H3. The van der Waals surface area contributed by atoms with Gasteiger partial charge in [0.1, 0.15) is 11.6 Å². The van der Waals surface area contributed by atoms with Crippen molar-refractivity contribution in [1.82, 2.24) is 0 Å². The summed E-state index contributed by atoms with van der Waals surface area (Å²) in [4.78, 5) is 0. The Hall–Kier alpha value is -1.53. The van der Waals surface area contributed by atoms with Crippen molar-refractivity contribution in [3.63, 3.8) is 0 Å². The molecule has 0 aliphatic carbocycles. The summed E-state index contributed by atoms with van der Waals surface area (Å²) in [7, 11) is 0. The van der Waals surface area contributed by atoms with Gasteiger partial charge in [-0.1, -0.05) is 0 Å². The van der Waals surface area contributed by atoms with Gasteiger partial charge in [-0.3, -0.25) is 0 Å². The van der Waals surface area contributed by atoms with Crippen molar-refractivity contribution in [2.45, 2.75) is 19.4 Å². The van der Waals surface area contributed by atoms with Gasteiger partial charge in [0.05, 0.1) is 4.47 Å². The Labute approximate surface area is 128 Å². The van der Waals surface area contributed by atoms with Crippen molar-refractivity contribution in [1.29, 1.82) is 0 Å². The number of benzene rings is 2. The molecule has 0 spiro atoms. The topological polar surface area (TPSA) is 35.2 Å². The van der Waals surface area contributed by atoms with Gasteiger partial charge in [-0.05, 0) is 65.2 Å². The Morgan fingerprint density at radius 1 is 1.10 bits per heavy atom. The van der Waals surface area contributed by atoms with Gasteiger partial charge in [-0.2, -0.15) is 0 Å². The first-order chi connectivity index (χ1) is 9.86. The van der Waals surface area contributed by atoms with E-state index in [0.29, 0.717) is 12.0 Å². The van der Waals surface area contributed by atoms with Gasteiger partial charge in [-0.25, -0.2) is 13.2 Å². The monoisotopic (exact) mass is 359 g/mol. The van der Waals surface area contributed by atoms with Crippen molar-refractivity contribution in [3.8, 4) is 11.5 Å². The zero-order valence-electron chi connectivity index (χ0n) is 11.2. The lowest BCUT2D eigenvalue weighted by molar-refractivity contribution is 0.405. The van der Waals surface area contributed by atoms with Crippen LogP contribution in [-0.4, -0.2) is 6.04 Å². The summed E-state index contributed by atoms with van der Waals surface area (Å²) >= 11 is 2.98. The lowest BCUT2D eigenvalue weighted by atomic mass is 10.1. The molecule has 2 nitrogen and oxygen atoms in total. The summed E-state index contributed by atoms with van der Waals surface area (Å²) in [6, 6.07) is 5.88. The fourth-order valence-electron chi connectivity index (χ4n) is 1.86. The third kappa shape index (κ3) is 3.98. The summed E-state index contributed by atoms with van der Waals surface area (Å²) in [5, 5.41) is 0. The molecule has 0 saturated heterocycles. The molecule has 0 amide bonds. The third-order valence-electron chi connectivity index (χ3n) is 2.73. The minimum Gasteiger partial charge on any atom is -0.451 e. The summed E-state index contributed by atoms with van der Waals surface area (Å²) in [6.45, 7) is 1.75. The molecule has 1 atom stereocenters. The highest BCUT2D eigenvalue weighted by Gasteiger charge is 2.15. The van der Waals surface area contributed by atoms with Crippen LogP contribution >= 0.6 is 15.9 Å². The van der Waals surface area contributed by atoms with Crippen LogP contribution in [0.15, 0.2) is 34.8 Å². The van der Waals surface area contributed by atoms with Crippen LogP contribution in [0.3, 0.4) is 0 Å². The molecule has 2 aromatic carbocycles.